The molecule has 1 unspecified atom stereocenters. The molecular formula is C13H16N2O3. The second kappa shape index (κ2) is 4.49. The summed E-state index contributed by atoms with van der Waals surface area (Å²) in [5.74, 6) is 0.806. The molecule has 1 aromatic carbocycles. The number of methoxy groups -OCH3 is 1. The molecule has 0 bridgehead atoms. The fraction of sp³-hybridized carbons (Fsp3) is 0.462. The van der Waals surface area contributed by atoms with Crippen molar-refractivity contribution in [2.45, 2.75) is 19.0 Å². The maximum atomic E-state index is 11.8. The van der Waals surface area contributed by atoms with E-state index in [1.54, 1.807) is 12.0 Å². The highest BCUT2D eigenvalue weighted by Crippen LogP contribution is 2.31. The minimum absolute atomic E-state index is 0.137. The van der Waals surface area contributed by atoms with Crippen molar-refractivity contribution < 1.29 is 14.3 Å². The first-order chi connectivity index (χ1) is 8.79. The lowest BCUT2D eigenvalue weighted by atomic mass is 10.1. The van der Waals surface area contributed by atoms with E-state index in [9.17, 15) is 4.79 Å². The Morgan fingerprint density at radius 3 is 3.22 bits per heavy atom. The van der Waals surface area contributed by atoms with Gasteiger partial charge in [0.1, 0.15) is 12.4 Å². The predicted molar refractivity (Wildman–Crippen MR) is 66.9 cm³/mol. The van der Waals surface area contributed by atoms with E-state index in [0.29, 0.717) is 6.61 Å². The quantitative estimate of drug-likeness (QED) is 0.818. The molecule has 0 aliphatic carbocycles. The number of benzene rings is 1. The number of carbonyl (C=O) groups excluding carboxylic acids is 1. The lowest BCUT2D eigenvalue weighted by molar-refractivity contribution is 0.178. The summed E-state index contributed by atoms with van der Waals surface area (Å²) in [7, 11) is 1.64. The lowest BCUT2D eigenvalue weighted by Gasteiger charge is -2.27. The highest BCUT2D eigenvalue weighted by Gasteiger charge is 2.35. The zero-order chi connectivity index (χ0) is 12.5. The zero-order valence-electron chi connectivity index (χ0n) is 10.3. The van der Waals surface area contributed by atoms with Gasteiger partial charge in [-0.1, -0.05) is 0 Å². The molecule has 3 rings (SSSR count). The van der Waals surface area contributed by atoms with E-state index in [2.05, 4.69) is 5.32 Å². The predicted octanol–water partition coefficient (Wildman–Crippen LogP) is 1.51. The molecule has 2 aliphatic heterocycles. The van der Waals surface area contributed by atoms with Crippen molar-refractivity contribution in [1.29, 1.82) is 0 Å². The minimum atomic E-state index is -0.242. The normalized spacial score (nSPS) is 22.6. The number of nitrogens with zero attached hydrogens (tertiary/aromatic N) is 1. The van der Waals surface area contributed by atoms with E-state index in [1.165, 1.54) is 0 Å². The summed E-state index contributed by atoms with van der Waals surface area (Å²) in [6.45, 7) is 2.10. The van der Waals surface area contributed by atoms with Crippen LogP contribution in [0.3, 0.4) is 0 Å². The smallest absolute Gasteiger partial charge is 0.414 e. The van der Waals surface area contributed by atoms with E-state index in [4.69, 9.17) is 9.47 Å². The number of carbonyl (C=O) groups is 1. The van der Waals surface area contributed by atoms with Gasteiger partial charge in [-0.3, -0.25) is 4.90 Å². The first kappa shape index (κ1) is 11.3. The van der Waals surface area contributed by atoms with Crippen molar-refractivity contribution in [3.8, 4) is 5.75 Å². The molecule has 2 heterocycles. The lowest BCUT2D eigenvalue weighted by Crippen LogP contribution is -2.38. The summed E-state index contributed by atoms with van der Waals surface area (Å²) in [5, 5.41) is 3.37. The van der Waals surface area contributed by atoms with E-state index in [1.807, 2.05) is 18.2 Å². The second-order valence-electron chi connectivity index (χ2n) is 4.56. The average molecular weight is 248 g/mol. The van der Waals surface area contributed by atoms with Crippen LogP contribution in [0.4, 0.5) is 10.5 Å². The third-order valence-electron chi connectivity index (χ3n) is 3.48. The van der Waals surface area contributed by atoms with E-state index in [-0.39, 0.29) is 12.1 Å². The second-order valence-corrected chi connectivity index (χ2v) is 4.56. The van der Waals surface area contributed by atoms with Gasteiger partial charge in [-0.05, 0) is 36.7 Å². The van der Waals surface area contributed by atoms with Gasteiger partial charge in [0.05, 0.1) is 18.8 Å². The Morgan fingerprint density at radius 2 is 2.39 bits per heavy atom. The van der Waals surface area contributed by atoms with Crippen molar-refractivity contribution in [2.24, 2.45) is 0 Å². The van der Waals surface area contributed by atoms with Crippen molar-refractivity contribution in [3.63, 3.8) is 0 Å². The van der Waals surface area contributed by atoms with E-state index >= 15 is 0 Å². The number of hydrogen-bond donors (Lipinski definition) is 1. The molecule has 0 radical (unpaired) electrons. The summed E-state index contributed by atoms with van der Waals surface area (Å²) < 4.78 is 10.4. The summed E-state index contributed by atoms with van der Waals surface area (Å²) in [5.41, 5.74) is 1.99. The number of rotatable bonds is 1. The fourth-order valence-corrected chi connectivity index (χ4v) is 2.53. The maximum Gasteiger partial charge on any atom is 0.414 e. The van der Waals surface area contributed by atoms with Gasteiger partial charge in [-0.15, -0.1) is 0 Å². The van der Waals surface area contributed by atoms with Crippen LogP contribution in [0.2, 0.25) is 0 Å². The highest BCUT2D eigenvalue weighted by molar-refractivity contribution is 5.91. The Labute approximate surface area is 106 Å². The number of fused-ring (bicyclic) bond motifs is 3. The van der Waals surface area contributed by atoms with Crippen molar-refractivity contribution >= 4 is 11.8 Å². The molecule has 2 aliphatic rings. The minimum Gasteiger partial charge on any atom is -0.497 e. The van der Waals surface area contributed by atoms with Crippen LogP contribution >= 0.6 is 0 Å². The summed E-state index contributed by atoms with van der Waals surface area (Å²) in [4.78, 5) is 13.6. The molecule has 1 atom stereocenters. The standard InChI is InChI=1S/C13H16N2O3/c1-17-11-2-3-12-9(6-11)7-14-5-4-10-8-18-13(16)15(10)12/h2-3,6,10,14H,4-5,7-8H2,1H3. The molecule has 0 saturated carbocycles. The van der Waals surface area contributed by atoms with Gasteiger partial charge in [0.25, 0.3) is 0 Å². The molecular weight excluding hydrogens is 232 g/mol. The summed E-state index contributed by atoms with van der Waals surface area (Å²) in [6, 6.07) is 5.91. The topological polar surface area (TPSA) is 50.8 Å². The largest absolute Gasteiger partial charge is 0.497 e. The van der Waals surface area contributed by atoms with Gasteiger partial charge in [-0.25, -0.2) is 4.79 Å². The molecule has 1 N–H and O–H groups in total. The van der Waals surface area contributed by atoms with Crippen LogP contribution in [0.15, 0.2) is 18.2 Å². The van der Waals surface area contributed by atoms with E-state index in [0.717, 1.165) is 36.5 Å². The maximum absolute atomic E-state index is 11.8. The van der Waals surface area contributed by atoms with Crippen LogP contribution < -0.4 is 15.0 Å². The van der Waals surface area contributed by atoms with Gasteiger partial charge in [0.2, 0.25) is 0 Å². The third kappa shape index (κ3) is 1.80. The number of cyclic esters (lactones) is 1. The van der Waals surface area contributed by atoms with Gasteiger partial charge in [0, 0.05) is 6.54 Å². The molecule has 1 saturated heterocycles. The SMILES string of the molecule is COc1ccc2c(c1)CNCCC1COC(=O)N21. The number of ether oxygens (including phenoxy) is 2. The highest BCUT2D eigenvalue weighted by atomic mass is 16.6. The fourth-order valence-electron chi connectivity index (χ4n) is 2.53. The Bertz CT molecular complexity index is 475. The first-order valence-electron chi connectivity index (χ1n) is 6.13. The van der Waals surface area contributed by atoms with Gasteiger partial charge in [0.15, 0.2) is 0 Å². The van der Waals surface area contributed by atoms with Crippen LogP contribution in [-0.2, 0) is 11.3 Å². The van der Waals surface area contributed by atoms with Crippen molar-refractivity contribution in [3.05, 3.63) is 23.8 Å². The van der Waals surface area contributed by atoms with Crippen LogP contribution in [0.5, 0.6) is 5.75 Å². The van der Waals surface area contributed by atoms with Gasteiger partial charge >= 0.3 is 6.09 Å². The zero-order valence-corrected chi connectivity index (χ0v) is 10.3. The Balaban J connectivity index is 2.05. The average Bonchev–Trinajstić information content (AvgIpc) is 2.72. The number of amides is 1. The molecule has 5 heteroatoms. The molecule has 0 aromatic heterocycles. The molecule has 18 heavy (non-hydrogen) atoms. The molecule has 1 aromatic rings. The Morgan fingerprint density at radius 1 is 1.50 bits per heavy atom. The van der Waals surface area contributed by atoms with Crippen molar-refractivity contribution in [1.82, 2.24) is 5.32 Å². The molecule has 1 amide bonds. The Kier molecular flexibility index (Phi) is 2.83. The van der Waals surface area contributed by atoms with Crippen LogP contribution in [0.1, 0.15) is 12.0 Å². The Hall–Kier alpha value is -1.75. The summed E-state index contributed by atoms with van der Waals surface area (Å²) in [6.07, 6.45) is 0.672. The van der Waals surface area contributed by atoms with Gasteiger partial charge in [-0.2, -0.15) is 0 Å². The molecule has 1 fully saturated rings. The number of hydrogen-bond acceptors (Lipinski definition) is 4. The number of anilines is 1. The van der Waals surface area contributed by atoms with Crippen LogP contribution in [0, 0.1) is 0 Å². The van der Waals surface area contributed by atoms with Crippen LogP contribution in [-0.4, -0.2) is 32.4 Å². The van der Waals surface area contributed by atoms with Gasteiger partial charge < -0.3 is 14.8 Å². The molecule has 5 nitrogen and oxygen atoms in total. The monoisotopic (exact) mass is 248 g/mol. The third-order valence-corrected chi connectivity index (χ3v) is 3.48. The van der Waals surface area contributed by atoms with Crippen LogP contribution in [0.25, 0.3) is 0 Å². The first-order valence-corrected chi connectivity index (χ1v) is 6.13. The van der Waals surface area contributed by atoms with E-state index < -0.39 is 0 Å². The summed E-state index contributed by atoms with van der Waals surface area (Å²) >= 11 is 0. The molecule has 96 valence electrons. The number of nitrogens with one attached hydrogen (secondary N) is 1. The molecule has 0 spiro atoms. The van der Waals surface area contributed by atoms with Crippen molar-refractivity contribution in [2.75, 3.05) is 25.2 Å².